The predicted molar refractivity (Wildman–Crippen MR) is 114 cm³/mol. The number of aromatic nitrogens is 3. The molecule has 1 heterocycles. The molecule has 3 N–H and O–H groups in total. The van der Waals surface area contributed by atoms with Crippen molar-refractivity contribution in [2.45, 2.75) is 11.8 Å². The normalized spacial score (nSPS) is 10.8. The fourth-order valence-electron chi connectivity index (χ4n) is 2.86. The molecule has 0 aliphatic rings. The van der Waals surface area contributed by atoms with Gasteiger partial charge in [0.25, 0.3) is 0 Å². The van der Waals surface area contributed by atoms with Crippen LogP contribution in [0.25, 0.3) is 10.8 Å². The topological polar surface area (TPSA) is 95.1 Å². The molecule has 3 aromatic carbocycles. The van der Waals surface area contributed by atoms with Crippen molar-refractivity contribution in [2.24, 2.45) is 0 Å². The number of nitrogen functional groups attached to an aromatic ring is 1. The number of anilines is 1. The average molecular weight is 423 g/mol. The third-order valence-electron chi connectivity index (χ3n) is 4.32. The molecule has 0 spiro atoms. The van der Waals surface area contributed by atoms with Crippen molar-refractivity contribution in [1.29, 1.82) is 0 Å². The van der Waals surface area contributed by atoms with E-state index in [-0.39, 0.29) is 24.0 Å². The van der Waals surface area contributed by atoms with Gasteiger partial charge in [-0.25, -0.2) is 9.07 Å². The monoisotopic (exact) mass is 423 g/mol. The Morgan fingerprint density at radius 2 is 1.83 bits per heavy atom. The van der Waals surface area contributed by atoms with Crippen LogP contribution < -0.4 is 15.9 Å². The maximum Gasteiger partial charge on any atom is 0.234 e. The van der Waals surface area contributed by atoms with Gasteiger partial charge in [0.1, 0.15) is 6.61 Å². The van der Waals surface area contributed by atoms with Crippen LogP contribution in [0.1, 0.15) is 5.82 Å². The Morgan fingerprint density at radius 3 is 2.70 bits per heavy atom. The smallest absolute Gasteiger partial charge is 0.234 e. The second-order valence-corrected chi connectivity index (χ2v) is 7.29. The van der Waals surface area contributed by atoms with Gasteiger partial charge in [0.15, 0.2) is 17.4 Å². The van der Waals surface area contributed by atoms with E-state index in [1.807, 2.05) is 42.5 Å². The van der Waals surface area contributed by atoms with Gasteiger partial charge in [-0.2, -0.15) is 0 Å². The molecule has 4 rings (SSSR count). The summed E-state index contributed by atoms with van der Waals surface area (Å²) in [7, 11) is 0. The van der Waals surface area contributed by atoms with Gasteiger partial charge in [-0.05, 0) is 23.6 Å². The molecule has 0 unspecified atom stereocenters. The Hall–Kier alpha value is -3.59. The number of nitrogens with two attached hydrogens (primary N) is 1. The predicted octanol–water partition coefficient (Wildman–Crippen LogP) is 3.59. The standard InChI is InChI=1S/C21H18FN5O2S/c22-16-9-3-4-11-18(16)29-12-19-25-26-21(27(19)23)30-13-20(28)24-17-10-5-7-14-6-1-2-8-15(14)17/h1-11H,12-13,23H2,(H,24,28). The van der Waals surface area contributed by atoms with Crippen molar-refractivity contribution in [3.63, 3.8) is 0 Å². The molecule has 0 atom stereocenters. The van der Waals surface area contributed by atoms with E-state index in [4.69, 9.17) is 10.6 Å². The van der Waals surface area contributed by atoms with Crippen molar-refractivity contribution < 1.29 is 13.9 Å². The first-order valence-electron chi connectivity index (χ1n) is 9.09. The van der Waals surface area contributed by atoms with Crippen molar-refractivity contribution in [1.82, 2.24) is 14.9 Å². The molecular weight excluding hydrogens is 405 g/mol. The van der Waals surface area contributed by atoms with Gasteiger partial charge >= 0.3 is 0 Å². The van der Waals surface area contributed by atoms with Gasteiger partial charge in [-0.15, -0.1) is 10.2 Å². The zero-order valence-corrected chi connectivity index (χ0v) is 16.6. The summed E-state index contributed by atoms with van der Waals surface area (Å²) in [6.45, 7) is -0.0484. The van der Waals surface area contributed by atoms with Crippen LogP contribution in [0, 0.1) is 5.82 Å². The average Bonchev–Trinajstić information content (AvgIpc) is 3.11. The lowest BCUT2D eigenvalue weighted by atomic mass is 10.1. The number of carbonyl (C=O) groups is 1. The number of para-hydroxylation sites is 1. The van der Waals surface area contributed by atoms with Crippen LogP contribution in [0.4, 0.5) is 10.1 Å². The highest BCUT2D eigenvalue weighted by molar-refractivity contribution is 7.99. The van der Waals surface area contributed by atoms with Crippen LogP contribution >= 0.6 is 11.8 Å². The van der Waals surface area contributed by atoms with E-state index < -0.39 is 5.82 Å². The molecule has 7 nitrogen and oxygen atoms in total. The van der Waals surface area contributed by atoms with Crippen molar-refractivity contribution in [2.75, 3.05) is 16.9 Å². The number of hydrogen-bond acceptors (Lipinski definition) is 6. The highest BCUT2D eigenvalue weighted by atomic mass is 32.2. The molecule has 0 aliphatic heterocycles. The fourth-order valence-corrected chi connectivity index (χ4v) is 3.53. The van der Waals surface area contributed by atoms with E-state index in [1.165, 1.54) is 16.8 Å². The number of nitrogens with zero attached hydrogens (tertiary/aromatic N) is 3. The summed E-state index contributed by atoms with van der Waals surface area (Å²) in [5.41, 5.74) is 0.742. The summed E-state index contributed by atoms with van der Waals surface area (Å²) >= 11 is 1.15. The Balaban J connectivity index is 1.36. The van der Waals surface area contributed by atoms with Crippen molar-refractivity contribution >= 4 is 34.1 Å². The molecule has 0 fully saturated rings. The molecule has 152 valence electrons. The minimum Gasteiger partial charge on any atom is -0.482 e. The van der Waals surface area contributed by atoms with E-state index in [2.05, 4.69) is 15.5 Å². The largest absolute Gasteiger partial charge is 0.482 e. The van der Waals surface area contributed by atoms with Gasteiger partial charge < -0.3 is 15.9 Å². The Bertz CT molecular complexity index is 1190. The number of carbonyl (C=O) groups excluding carboxylic acids is 1. The number of hydrogen-bond donors (Lipinski definition) is 2. The van der Waals surface area contributed by atoms with Crippen molar-refractivity contribution in [3.8, 4) is 5.75 Å². The van der Waals surface area contributed by atoms with Crippen LogP contribution in [-0.4, -0.2) is 26.5 Å². The quantitative estimate of drug-likeness (QED) is 0.348. The van der Waals surface area contributed by atoms with Crippen LogP contribution in [-0.2, 0) is 11.4 Å². The lowest BCUT2D eigenvalue weighted by Gasteiger charge is -2.09. The number of ether oxygens (including phenoxy) is 1. The van der Waals surface area contributed by atoms with Gasteiger partial charge in [-0.3, -0.25) is 4.79 Å². The summed E-state index contributed by atoms with van der Waals surface area (Å²) in [6, 6.07) is 19.6. The highest BCUT2D eigenvalue weighted by Gasteiger charge is 2.14. The number of fused-ring (bicyclic) bond motifs is 1. The molecular formula is C21H18FN5O2S. The zero-order chi connectivity index (χ0) is 20.9. The third kappa shape index (κ3) is 4.36. The molecule has 0 bridgehead atoms. The fraction of sp³-hybridized carbons (Fsp3) is 0.0952. The number of benzene rings is 3. The number of halogens is 1. The number of amides is 1. The number of rotatable bonds is 7. The van der Waals surface area contributed by atoms with Crippen LogP contribution in [0.3, 0.4) is 0 Å². The lowest BCUT2D eigenvalue weighted by Crippen LogP contribution is -2.18. The lowest BCUT2D eigenvalue weighted by molar-refractivity contribution is -0.113. The second-order valence-electron chi connectivity index (χ2n) is 6.35. The number of nitrogens with one attached hydrogen (secondary N) is 1. The summed E-state index contributed by atoms with van der Waals surface area (Å²) in [5, 5.41) is 13.2. The first-order valence-corrected chi connectivity index (χ1v) is 10.1. The molecule has 30 heavy (non-hydrogen) atoms. The zero-order valence-electron chi connectivity index (χ0n) is 15.8. The first-order chi connectivity index (χ1) is 14.6. The van der Waals surface area contributed by atoms with Gasteiger partial charge in [0.2, 0.25) is 11.1 Å². The Kier molecular flexibility index (Phi) is 5.80. The second kappa shape index (κ2) is 8.83. The summed E-state index contributed by atoms with van der Waals surface area (Å²) < 4.78 is 20.3. The third-order valence-corrected chi connectivity index (χ3v) is 5.27. The van der Waals surface area contributed by atoms with Crippen molar-refractivity contribution in [3.05, 3.63) is 78.4 Å². The van der Waals surface area contributed by atoms with E-state index in [9.17, 15) is 9.18 Å². The maximum absolute atomic E-state index is 13.6. The molecule has 9 heteroatoms. The van der Waals surface area contributed by atoms with Crippen LogP contribution in [0.15, 0.2) is 71.9 Å². The molecule has 0 saturated carbocycles. The number of thioether (sulfide) groups is 1. The minimum absolute atomic E-state index is 0.0484. The first kappa shape index (κ1) is 19.7. The van der Waals surface area contributed by atoms with Crippen LogP contribution in [0.5, 0.6) is 5.75 Å². The summed E-state index contributed by atoms with van der Waals surface area (Å²) in [6.07, 6.45) is 0. The van der Waals surface area contributed by atoms with E-state index in [1.54, 1.807) is 12.1 Å². The van der Waals surface area contributed by atoms with Crippen LogP contribution in [0.2, 0.25) is 0 Å². The molecule has 0 saturated heterocycles. The van der Waals surface area contributed by atoms with E-state index >= 15 is 0 Å². The summed E-state index contributed by atoms with van der Waals surface area (Å²) in [5.74, 6) is 5.84. The minimum atomic E-state index is -0.472. The van der Waals surface area contributed by atoms with Gasteiger partial charge in [-0.1, -0.05) is 60.3 Å². The molecule has 0 radical (unpaired) electrons. The Morgan fingerprint density at radius 1 is 1.07 bits per heavy atom. The molecule has 4 aromatic rings. The SMILES string of the molecule is Nn1c(COc2ccccc2F)nnc1SCC(=O)Nc1cccc2ccccc12. The van der Waals surface area contributed by atoms with Gasteiger partial charge in [0.05, 0.1) is 5.75 Å². The Labute approximate surface area is 176 Å². The molecule has 1 aromatic heterocycles. The summed E-state index contributed by atoms with van der Waals surface area (Å²) in [4.78, 5) is 12.4. The van der Waals surface area contributed by atoms with E-state index in [0.29, 0.717) is 11.0 Å². The van der Waals surface area contributed by atoms with Gasteiger partial charge in [0, 0.05) is 11.1 Å². The maximum atomic E-state index is 13.6. The highest BCUT2D eigenvalue weighted by Crippen LogP contribution is 2.24. The van der Waals surface area contributed by atoms with E-state index in [0.717, 1.165) is 28.2 Å². The molecule has 1 amide bonds. The molecule has 0 aliphatic carbocycles.